The number of benzene rings is 3. The van der Waals surface area contributed by atoms with E-state index in [4.69, 9.17) is 23.2 Å². The van der Waals surface area contributed by atoms with Crippen LogP contribution in [0.3, 0.4) is 0 Å². The first-order valence-corrected chi connectivity index (χ1v) is 14.0. The Labute approximate surface area is 242 Å². The molecule has 0 aliphatic carbocycles. The first-order valence-electron chi connectivity index (χ1n) is 12.5. The summed E-state index contributed by atoms with van der Waals surface area (Å²) in [6, 6.07) is 20.9. The van der Waals surface area contributed by atoms with Crippen LogP contribution in [0.25, 0.3) is 10.9 Å². The highest BCUT2D eigenvalue weighted by molar-refractivity contribution is 9.10. The fourth-order valence-corrected chi connectivity index (χ4v) is 6.05. The normalized spacial score (nSPS) is 15.3. The largest absolute Gasteiger partial charge is 0.401 e. The molecule has 1 aliphatic rings. The summed E-state index contributed by atoms with van der Waals surface area (Å²) in [5.41, 5.74) is 4.08. The minimum atomic E-state index is -4.21. The standard InChI is InChI=1S/C29H25BrCl2F3N3O/c30-24-14-19(27(17-1-5-20(31)6-2-17)18-3-7-21(32)8-4-18)13-23-25(15-26(39)37-28(23)24)36-22-9-11-38(12-10-22)16-29(33,34)35/h1-8,13-15,22,27H,9-12,16H2,(H2,36,37,39). The molecule has 4 aromatic rings. The fraction of sp³-hybridized carbons (Fsp3) is 0.276. The van der Waals surface area contributed by atoms with E-state index in [-0.39, 0.29) is 17.5 Å². The van der Waals surface area contributed by atoms with Gasteiger partial charge in [-0.05, 0) is 81.9 Å². The summed E-state index contributed by atoms with van der Waals surface area (Å²) in [5, 5.41) is 5.54. The van der Waals surface area contributed by atoms with E-state index in [0.717, 1.165) is 26.5 Å². The molecular formula is C29H25BrCl2F3N3O. The number of pyridine rings is 1. The lowest BCUT2D eigenvalue weighted by Gasteiger charge is -2.33. The van der Waals surface area contributed by atoms with Crippen LogP contribution in [0.1, 0.15) is 35.4 Å². The van der Waals surface area contributed by atoms with E-state index in [1.54, 1.807) is 0 Å². The van der Waals surface area contributed by atoms with Crippen molar-refractivity contribution in [2.45, 2.75) is 31.0 Å². The molecule has 3 aromatic carbocycles. The number of hydrogen-bond acceptors (Lipinski definition) is 3. The van der Waals surface area contributed by atoms with E-state index < -0.39 is 12.7 Å². The van der Waals surface area contributed by atoms with Crippen molar-refractivity contribution in [2.75, 3.05) is 25.0 Å². The second-order valence-corrected chi connectivity index (χ2v) is 11.5. The van der Waals surface area contributed by atoms with Gasteiger partial charge < -0.3 is 10.3 Å². The SMILES string of the molecule is O=c1cc(NC2CCN(CC(F)(F)F)CC2)c2cc(C(c3ccc(Cl)cc3)c3ccc(Cl)cc3)cc(Br)c2[nH]1. The number of alkyl halides is 3. The molecule has 0 saturated carbocycles. The van der Waals surface area contributed by atoms with Gasteiger partial charge in [0, 0.05) is 56.7 Å². The van der Waals surface area contributed by atoms with Gasteiger partial charge in [0.2, 0.25) is 0 Å². The number of rotatable bonds is 6. The lowest BCUT2D eigenvalue weighted by molar-refractivity contribution is -0.147. The summed E-state index contributed by atoms with van der Waals surface area (Å²) < 4.78 is 39.2. The van der Waals surface area contributed by atoms with Gasteiger partial charge in [0.05, 0.1) is 12.1 Å². The van der Waals surface area contributed by atoms with Crippen molar-refractivity contribution in [3.05, 3.63) is 108 Å². The summed E-state index contributed by atoms with van der Waals surface area (Å²) in [6.45, 7) is -0.231. The molecule has 39 heavy (non-hydrogen) atoms. The van der Waals surface area contributed by atoms with Crippen molar-refractivity contribution >= 4 is 55.7 Å². The Balaban J connectivity index is 1.53. The molecule has 10 heteroatoms. The summed E-state index contributed by atoms with van der Waals surface area (Å²) in [6.07, 6.45) is -3.12. The Morgan fingerprint density at radius 2 is 1.49 bits per heavy atom. The van der Waals surface area contributed by atoms with E-state index in [1.165, 1.54) is 11.0 Å². The lowest BCUT2D eigenvalue weighted by Crippen LogP contribution is -2.43. The highest BCUT2D eigenvalue weighted by atomic mass is 79.9. The van der Waals surface area contributed by atoms with E-state index in [0.29, 0.717) is 47.2 Å². The molecule has 0 amide bonds. The van der Waals surface area contributed by atoms with Gasteiger partial charge >= 0.3 is 6.18 Å². The summed E-state index contributed by atoms with van der Waals surface area (Å²) >= 11 is 16.0. The van der Waals surface area contributed by atoms with Crippen molar-refractivity contribution in [2.24, 2.45) is 0 Å². The Morgan fingerprint density at radius 1 is 0.923 bits per heavy atom. The van der Waals surface area contributed by atoms with Crippen LogP contribution in [-0.2, 0) is 0 Å². The quantitative estimate of drug-likeness (QED) is 0.209. The average Bonchev–Trinajstić information content (AvgIpc) is 2.87. The smallest absolute Gasteiger partial charge is 0.382 e. The van der Waals surface area contributed by atoms with E-state index >= 15 is 0 Å². The number of nitrogens with one attached hydrogen (secondary N) is 2. The maximum atomic E-state index is 12.8. The minimum Gasteiger partial charge on any atom is -0.382 e. The number of nitrogens with zero attached hydrogens (tertiary/aromatic N) is 1. The molecule has 1 aromatic heterocycles. The molecule has 0 radical (unpaired) electrons. The number of aromatic nitrogens is 1. The molecule has 204 valence electrons. The van der Waals surface area contributed by atoms with Gasteiger partial charge in [-0.3, -0.25) is 9.69 Å². The van der Waals surface area contributed by atoms with Gasteiger partial charge in [-0.2, -0.15) is 13.2 Å². The van der Waals surface area contributed by atoms with Crippen molar-refractivity contribution < 1.29 is 13.2 Å². The molecule has 2 heterocycles. The number of anilines is 1. The average molecular weight is 639 g/mol. The molecule has 0 spiro atoms. The van der Waals surface area contributed by atoms with Crippen LogP contribution < -0.4 is 10.9 Å². The Kier molecular flexibility index (Phi) is 8.29. The van der Waals surface area contributed by atoms with Crippen LogP contribution in [0, 0.1) is 0 Å². The first-order chi connectivity index (χ1) is 18.6. The van der Waals surface area contributed by atoms with E-state index in [9.17, 15) is 18.0 Å². The molecule has 1 fully saturated rings. The Bertz CT molecular complexity index is 1470. The molecule has 0 atom stereocenters. The van der Waals surface area contributed by atoms with Gasteiger partial charge in [-0.25, -0.2) is 0 Å². The van der Waals surface area contributed by atoms with Crippen LogP contribution in [0.4, 0.5) is 18.9 Å². The number of hydrogen-bond donors (Lipinski definition) is 2. The van der Waals surface area contributed by atoms with Crippen molar-refractivity contribution in [3.8, 4) is 0 Å². The summed E-state index contributed by atoms with van der Waals surface area (Å²) in [7, 11) is 0. The minimum absolute atomic E-state index is 0.0507. The molecule has 0 bridgehead atoms. The van der Waals surface area contributed by atoms with Crippen molar-refractivity contribution in [3.63, 3.8) is 0 Å². The highest BCUT2D eigenvalue weighted by Gasteiger charge is 2.32. The Morgan fingerprint density at radius 3 is 2.03 bits per heavy atom. The predicted octanol–water partition coefficient (Wildman–Crippen LogP) is 8.22. The molecule has 1 saturated heterocycles. The van der Waals surface area contributed by atoms with Crippen molar-refractivity contribution in [1.82, 2.24) is 9.88 Å². The summed E-state index contributed by atoms with van der Waals surface area (Å²) in [5.74, 6) is -0.148. The number of piperidine rings is 1. The third kappa shape index (κ3) is 6.80. The van der Waals surface area contributed by atoms with Gasteiger partial charge in [-0.1, -0.05) is 47.5 Å². The van der Waals surface area contributed by atoms with E-state index in [2.05, 4.69) is 26.2 Å². The number of aromatic amines is 1. The third-order valence-electron chi connectivity index (χ3n) is 7.02. The van der Waals surface area contributed by atoms with Crippen LogP contribution in [0.15, 0.2) is 76.0 Å². The van der Waals surface area contributed by atoms with Gasteiger partial charge in [-0.15, -0.1) is 0 Å². The molecule has 0 unspecified atom stereocenters. The van der Waals surface area contributed by atoms with Crippen molar-refractivity contribution in [1.29, 1.82) is 0 Å². The fourth-order valence-electron chi connectivity index (χ4n) is 5.22. The van der Waals surface area contributed by atoms with Crippen LogP contribution in [0.5, 0.6) is 0 Å². The van der Waals surface area contributed by atoms with Gasteiger partial charge in [0.1, 0.15) is 0 Å². The molecular weight excluding hydrogens is 614 g/mol. The maximum absolute atomic E-state index is 12.8. The highest BCUT2D eigenvalue weighted by Crippen LogP contribution is 2.38. The first kappa shape index (κ1) is 28.0. The molecule has 4 nitrogen and oxygen atoms in total. The summed E-state index contributed by atoms with van der Waals surface area (Å²) in [4.78, 5) is 16.9. The van der Waals surface area contributed by atoms with Gasteiger partial charge in [0.25, 0.3) is 5.56 Å². The number of likely N-dealkylation sites (tertiary alicyclic amines) is 1. The second-order valence-electron chi connectivity index (χ2n) is 9.82. The van der Waals surface area contributed by atoms with Crippen LogP contribution in [-0.4, -0.2) is 41.7 Å². The zero-order chi connectivity index (χ0) is 27.7. The zero-order valence-corrected chi connectivity index (χ0v) is 23.8. The molecule has 2 N–H and O–H groups in total. The predicted molar refractivity (Wildman–Crippen MR) is 155 cm³/mol. The third-order valence-corrected chi connectivity index (χ3v) is 8.15. The Hall–Kier alpha value is -2.52. The number of fused-ring (bicyclic) bond motifs is 1. The van der Waals surface area contributed by atoms with E-state index in [1.807, 2.05) is 60.7 Å². The topological polar surface area (TPSA) is 48.1 Å². The number of H-pyrrole nitrogens is 1. The lowest BCUT2D eigenvalue weighted by atomic mass is 9.84. The van der Waals surface area contributed by atoms with Crippen LogP contribution in [0.2, 0.25) is 10.0 Å². The monoisotopic (exact) mass is 637 g/mol. The zero-order valence-electron chi connectivity index (χ0n) is 20.7. The number of halogens is 6. The molecule has 5 rings (SSSR count). The van der Waals surface area contributed by atoms with Crippen LogP contribution >= 0.6 is 39.1 Å². The molecule has 1 aliphatic heterocycles. The maximum Gasteiger partial charge on any atom is 0.401 e. The van der Waals surface area contributed by atoms with Gasteiger partial charge in [0.15, 0.2) is 0 Å². The second kappa shape index (κ2) is 11.5.